The number of hydrogen-bond donors (Lipinski definition) is 2. The van der Waals surface area contributed by atoms with Crippen molar-refractivity contribution in [1.29, 1.82) is 5.41 Å². The molecule has 0 unspecified atom stereocenters. The first-order valence-electron chi connectivity index (χ1n) is 9.26. The molecular formula is C19H28N4O3. The molecule has 0 spiro atoms. The van der Waals surface area contributed by atoms with Crippen LogP contribution in [0, 0.1) is 5.41 Å². The predicted molar refractivity (Wildman–Crippen MR) is 100 cm³/mol. The van der Waals surface area contributed by atoms with Gasteiger partial charge in [0.25, 0.3) is 0 Å². The highest BCUT2D eigenvalue weighted by atomic mass is 16.5. The van der Waals surface area contributed by atoms with Gasteiger partial charge in [0.15, 0.2) is 0 Å². The zero-order valence-electron chi connectivity index (χ0n) is 15.2. The van der Waals surface area contributed by atoms with E-state index in [0.29, 0.717) is 6.04 Å². The summed E-state index contributed by atoms with van der Waals surface area (Å²) in [6.07, 6.45) is 2.12. The Bertz CT molecular complexity index is 623. The van der Waals surface area contributed by atoms with Gasteiger partial charge in [-0.25, -0.2) is 0 Å². The quantitative estimate of drug-likeness (QED) is 0.452. The maximum atomic E-state index is 11.5. The number of nitrogens with one attached hydrogen (secondary N) is 1. The van der Waals surface area contributed by atoms with Crippen LogP contribution in [0.2, 0.25) is 0 Å². The fourth-order valence-corrected chi connectivity index (χ4v) is 3.61. The van der Waals surface area contributed by atoms with E-state index >= 15 is 0 Å². The van der Waals surface area contributed by atoms with E-state index in [2.05, 4.69) is 21.9 Å². The van der Waals surface area contributed by atoms with E-state index in [9.17, 15) is 4.79 Å². The predicted octanol–water partition coefficient (Wildman–Crippen LogP) is 1.36. The highest BCUT2D eigenvalue weighted by Gasteiger charge is 2.25. The minimum absolute atomic E-state index is 0.159. The number of rotatable bonds is 6. The lowest BCUT2D eigenvalue weighted by molar-refractivity contribution is -0.143. The number of nitrogens with zero attached hydrogens (tertiary/aromatic N) is 2. The van der Waals surface area contributed by atoms with Crippen LogP contribution in [0.3, 0.4) is 0 Å². The van der Waals surface area contributed by atoms with Gasteiger partial charge in [0.2, 0.25) is 0 Å². The molecule has 7 heteroatoms. The number of anilines is 1. The number of amidine groups is 1. The third-order valence-corrected chi connectivity index (χ3v) is 5.03. The molecular weight excluding hydrogens is 332 g/mol. The summed E-state index contributed by atoms with van der Waals surface area (Å²) < 4.78 is 10.6. The first-order valence-corrected chi connectivity index (χ1v) is 9.26. The first kappa shape index (κ1) is 18.7. The summed E-state index contributed by atoms with van der Waals surface area (Å²) in [6, 6.07) is 8.78. The fourth-order valence-electron chi connectivity index (χ4n) is 3.61. The molecule has 7 nitrogen and oxygen atoms in total. The van der Waals surface area contributed by atoms with Crippen molar-refractivity contribution in [3.8, 4) is 0 Å². The normalized spacial score (nSPS) is 19.3. The van der Waals surface area contributed by atoms with Crippen LogP contribution >= 0.6 is 0 Å². The summed E-state index contributed by atoms with van der Waals surface area (Å²) in [5.74, 6) is -0.640. The van der Waals surface area contributed by atoms with Crippen LogP contribution in [-0.2, 0) is 20.9 Å². The lowest BCUT2D eigenvalue weighted by Gasteiger charge is -2.41. The summed E-state index contributed by atoms with van der Waals surface area (Å²) in [5.41, 5.74) is 7.33. The van der Waals surface area contributed by atoms with Crippen molar-refractivity contribution in [2.24, 2.45) is 5.73 Å². The smallest absolute Gasteiger partial charge is 0.313 e. The van der Waals surface area contributed by atoms with Gasteiger partial charge in [-0.15, -0.1) is 0 Å². The molecule has 0 aliphatic carbocycles. The number of ether oxygens (including phenoxy) is 2. The van der Waals surface area contributed by atoms with Gasteiger partial charge in [-0.3, -0.25) is 15.1 Å². The number of benzene rings is 1. The zero-order chi connectivity index (χ0) is 18.4. The van der Waals surface area contributed by atoms with E-state index in [1.165, 1.54) is 0 Å². The number of nitrogens with two attached hydrogens (primary N) is 1. The highest BCUT2D eigenvalue weighted by Crippen LogP contribution is 2.22. The SMILES string of the molecule is N=C(N)CC(=O)OCc1cccc(N2CCN(C3CCOCC3)CC2)c1. The lowest BCUT2D eigenvalue weighted by Crippen LogP contribution is -2.51. The molecule has 2 heterocycles. The molecule has 0 bridgehead atoms. The largest absolute Gasteiger partial charge is 0.460 e. The standard InChI is InChI=1S/C19H28N4O3/c20-18(21)13-19(24)26-14-15-2-1-3-17(12-15)23-8-6-22(7-9-23)16-4-10-25-11-5-16/h1-3,12,16H,4-11,13-14H2,(H3,20,21). The van der Waals surface area contributed by atoms with E-state index in [1.807, 2.05) is 12.1 Å². The third-order valence-electron chi connectivity index (χ3n) is 5.03. The summed E-state index contributed by atoms with van der Waals surface area (Å²) in [6.45, 7) is 6.13. The molecule has 2 aliphatic heterocycles. The number of hydrogen-bond acceptors (Lipinski definition) is 6. The minimum Gasteiger partial charge on any atom is -0.460 e. The van der Waals surface area contributed by atoms with Crippen molar-refractivity contribution < 1.29 is 14.3 Å². The van der Waals surface area contributed by atoms with Gasteiger partial charge >= 0.3 is 5.97 Å². The minimum atomic E-state index is -0.465. The molecule has 0 amide bonds. The van der Waals surface area contributed by atoms with Crippen LogP contribution in [0.15, 0.2) is 24.3 Å². The number of piperazine rings is 1. The molecule has 2 saturated heterocycles. The Labute approximate surface area is 154 Å². The zero-order valence-corrected chi connectivity index (χ0v) is 15.2. The molecule has 3 N–H and O–H groups in total. The van der Waals surface area contributed by atoms with Crippen molar-refractivity contribution in [3.63, 3.8) is 0 Å². The van der Waals surface area contributed by atoms with Gasteiger partial charge in [0.05, 0.1) is 0 Å². The lowest BCUT2D eigenvalue weighted by atomic mass is 10.1. The second-order valence-electron chi connectivity index (χ2n) is 6.90. The van der Waals surface area contributed by atoms with E-state index in [4.69, 9.17) is 20.6 Å². The monoisotopic (exact) mass is 360 g/mol. The molecule has 0 aromatic heterocycles. The number of carbonyl (C=O) groups excluding carboxylic acids is 1. The third kappa shape index (κ3) is 5.19. The van der Waals surface area contributed by atoms with Gasteiger partial charge in [0.1, 0.15) is 18.9 Å². The number of esters is 1. The van der Waals surface area contributed by atoms with E-state index in [-0.39, 0.29) is 18.9 Å². The molecule has 142 valence electrons. The fraction of sp³-hybridized carbons (Fsp3) is 0.579. The number of carbonyl (C=O) groups is 1. The van der Waals surface area contributed by atoms with Crippen LogP contribution in [-0.4, -0.2) is 62.1 Å². The van der Waals surface area contributed by atoms with Gasteiger partial charge in [-0.2, -0.15) is 0 Å². The summed E-state index contributed by atoms with van der Waals surface area (Å²) in [7, 11) is 0. The van der Waals surface area contributed by atoms with Crippen LogP contribution in [0.4, 0.5) is 5.69 Å². The average molecular weight is 360 g/mol. The second kappa shape index (κ2) is 9.00. The van der Waals surface area contributed by atoms with Crippen LogP contribution in [0.1, 0.15) is 24.8 Å². The molecule has 26 heavy (non-hydrogen) atoms. The second-order valence-corrected chi connectivity index (χ2v) is 6.90. The molecule has 3 rings (SSSR count). The molecule has 1 aromatic carbocycles. The summed E-state index contributed by atoms with van der Waals surface area (Å²) >= 11 is 0. The molecule has 2 fully saturated rings. The van der Waals surface area contributed by atoms with Gasteiger partial charge in [0, 0.05) is 51.1 Å². The first-order chi connectivity index (χ1) is 12.6. The Morgan fingerprint density at radius 2 is 1.96 bits per heavy atom. The van der Waals surface area contributed by atoms with E-state index in [1.54, 1.807) is 0 Å². The van der Waals surface area contributed by atoms with Crippen molar-refractivity contribution in [3.05, 3.63) is 29.8 Å². The Morgan fingerprint density at radius 1 is 1.23 bits per heavy atom. The van der Waals surface area contributed by atoms with E-state index < -0.39 is 5.97 Å². The van der Waals surface area contributed by atoms with Crippen molar-refractivity contribution in [1.82, 2.24) is 4.90 Å². The van der Waals surface area contributed by atoms with Crippen LogP contribution in [0.25, 0.3) is 0 Å². The Kier molecular flexibility index (Phi) is 6.46. The van der Waals surface area contributed by atoms with Gasteiger partial charge in [-0.1, -0.05) is 12.1 Å². The maximum absolute atomic E-state index is 11.5. The Hall–Kier alpha value is -2.12. The van der Waals surface area contributed by atoms with Crippen molar-refractivity contribution >= 4 is 17.5 Å². The van der Waals surface area contributed by atoms with Gasteiger partial charge in [-0.05, 0) is 30.5 Å². The Balaban J connectivity index is 1.50. The topological polar surface area (TPSA) is 91.9 Å². The summed E-state index contributed by atoms with van der Waals surface area (Å²) in [4.78, 5) is 16.5. The van der Waals surface area contributed by atoms with E-state index in [0.717, 1.165) is 63.5 Å². The molecule has 0 atom stereocenters. The van der Waals surface area contributed by atoms with Crippen molar-refractivity contribution in [2.75, 3.05) is 44.3 Å². The maximum Gasteiger partial charge on any atom is 0.313 e. The summed E-state index contributed by atoms with van der Waals surface area (Å²) in [5, 5.41) is 7.13. The Morgan fingerprint density at radius 3 is 2.65 bits per heavy atom. The molecule has 1 aromatic rings. The van der Waals surface area contributed by atoms with Gasteiger partial charge < -0.3 is 20.1 Å². The average Bonchev–Trinajstić information content (AvgIpc) is 2.67. The molecule has 0 saturated carbocycles. The molecule has 0 radical (unpaired) electrons. The molecule has 2 aliphatic rings. The highest BCUT2D eigenvalue weighted by molar-refractivity contribution is 5.94. The van der Waals surface area contributed by atoms with Crippen LogP contribution in [0.5, 0.6) is 0 Å². The van der Waals surface area contributed by atoms with Crippen molar-refractivity contribution in [2.45, 2.75) is 31.9 Å². The van der Waals surface area contributed by atoms with Crippen LogP contribution < -0.4 is 10.6 Å².